The van der Waals surface area contributed by atoms with Gasteiger partial charge in [0.05, 0.1) is 22.5 Å². The van der Waals surface area contributed by atoms with Gasteiger partial charge in [-0.25, -0.2) is 9.67 Å². The molecule has 31 heavy (non-hydrogen) atoms. The van der Waals surface area contributed by atoms with Gasteiger partial charge in [0, 0.05) is 29.9 Å². The van der Waals surface area contributed by atoms with E-state index in [1.54, 1.807) is 0 Å². The first kappa shape index (κ1) is 19.3. The molecular weight excluding hydrogens is 386 g/mol. The summed E-state index contributed by atoms with van der Waals surface area (Å²) < 4.78 is 1.89. The summed E-state index contributed by atoms with van der Waals surface area (Å²) in [7, 11) is 0. The molecular formula is C25H25N5O. The fourth-order valence-electron chi connectivity index (χ4n) is 4.25. The van der Waals surface area contributed by atoms with Crippen molar-refractivity contribution >= 4 is 28.3 Å². The summed E-state index contributed by atoms with van der Waals surface area (Å²) in [6, 6.07) is 19.7. The molecule has 6 nitrogen and oxygen atoms in total. The molecule has 1 N–H and O–H groups in total. The van der Waals surface area contributed by atoms with E-state index < -0.39 is 0 Å². The molecule has 0 spiro atoms. The second-order valence-corrected chi connectivity index (χ2v) is 8.09. The van der Waals surface area contributed by atoms with Gasteiger partial charge < -0.3 is 10.2 Å². The van der Waals surface area contributed by atoms with Crippen LogP contribution in [0.25, 0.3) is 16.6 Å². The number of hydrogen-bond acceptors (Lipinski definition) is 4. The monoisotopic (exact) mass is 411 g/mol. The van der Waals surface area contributed by atoms with Crippen molar-refractivity contribution in [1.82, 2.24) is 14.8 Å². The maximum absolute atomic E-state index is 13.4. The molecule has 1 saturated heterocycles. The van der Waals surface area contributed by atoms with E-state index in [0.29, 0.717) is 5.56 Å². The molecule has 0 aliphatic carbocycles. The summed E-state index contributed by atoms with van der Waals surface area (Å²) in [5, 5.41) is 8.59. The van der Waals surface area contributed by atoms with E-state index in [4.69, 9.17) is 4.98 Å². The molecule has 1 aliphatic rings. The van der Waals surface area contributed by atoms with E-state index in [9.17, 15) is 4.79 Å². The van der Waals surface area contributed by atoms with Crippen LogP contribution in [0.4, 0.5) is 11.5 Å². The number of carbonyl (C=O) groups is 1. The van der Waals surface area contributed by atoms with E-state index in [0.717, 1.165) is 65.4 Å². The zero-order chi connectivity index (χ0) is 21.4. The van der Waals surface area contributed by atoms with E-state index >= 15 is 0 Å². The molecule has 0 bridgehead atoms. The number of hydrogen-bond donors (Lipinski definition) is 1. The van der Waals surface area contributed by atoms with Crippen LogP contribution in [0, 0.1) is 13.8 Å². The number of para-hydroxylation sites is 1. The van der Waals surface area contributed by atoms with Crippen molar-refractivity contribution in [2.45, 2.75) is 26.7 Å². The number of aromatic nitrogens is 3. The van der Waals surface area contributed by atoms with Crippen LogP contribution in [0.1, 0.15) is 34.6 Å². The Balaban J connectivity index is 1.50. The van der Waals surface area contributed by atoms with Gasteiger partial charge in [0.15, 0.2) is 0 Å². The average Bonchev–Trinajstić information content (AvgIpc) is 3.42. The Hall–Kier alpha value is -3.67. The second kappa shape index (κ2) is 7.87. The number of amides is 1. The SMILES string of the molecule is Cc1cc(C)n(-c2cccc(NC(=O)c3cc4ccccc4nc3N3CCCC3)c2)n1. The number of anilines is 2. The Morgan fingerprint density at radius 1 is 0.968 bits per heavy atom. The van der Waals surface area contributed by atoms with Gasteiger partial charge in [0.25, 0.3) is 5.91 Å². The Labute approximate surface area is 181 Å². The van der Waals surface area contributed by atoms with Crippen LogP contribution in [-0.2, 0) is 0 Å². The van der Waals surface area contributed by atoms with E-state index in [2.05, 4.69) is 15.3 Å². The van der Waals surface area contributed by atoms with Crippen LogP contribution in [0.15, 0.2) is 60.7 Å². The summed E-state index contributed by atoms with van der Waals surface area (Å²) in [5.74, 6) is 0.620. The number of carbonyl (C=O) groups excluding carboxylic acids is 1. The first-order valence-corrected chi connectivity index (χ1v) is 10.7. The molecule has 156 valence electrons. The van der Waals surface area contributed by atoms with Crippen molar-refractivity contribution in [2.24, 2.45) is 0 Å². The van der Waals surface area contributed by atoms with Crippen LogP contribution in [0.2, 0.25) is 0 Å². The van der Waals surface area contributed by atoms with E-state index in [1.165, 1.54) is 0 Å². The van der Waals surface area contributed by atoms with Gasteiger partial charge in [0.2, 0.25) is 0 Å². The third-order valence-electron chi connectivity index (χ3n) is 5.71. The van der Waals surface area contributed by atoms with Gasteiger partial charge in [-0.05, 0) is 63.1 Å². The lowest BCUT2D eigenvalue weighted by atomic mass is 10.1. The summed E-state index contributed by atoms with van der Waals surface area (Å²) in [6.07, 6.45) is 2.25. The zero-order valence-corrected chi connectivity index (χ0v) is 17.8. The summed E-state index contributed by atoms with van der Waals surface area (Å²) in [5.41, 5.74) is 5.18. The van der Waals surface area contributed by atoms with E-state index in [1.807, 2.05) is 79.2 Å². The number of benzene rings is 2. The molecule has 1 amide bonds. The molecule has 0 saturated carbocycles. The van der Waals surface area contributed by atoms with Crippen molar-refractivity contribution in [3.63, 3.8) is 0 Å². The number of nitrogens with zero attached hydrogens (tertiary/aromatic N) is 4. The second-order valence-electron chi connectivity index (χ2n) is 8.09. The highest BCUT2D eigenvalue weighted by Crippen LogP contribution is 2.27. The molecule has 6 heteroatoms. The lowest BCUT2D eigenvalue weighted by Gasteiger charge is -2.20. The van der Waals surface area contributed by atoms with Crippen molar-refractivity contribution in [3.05, 3.63) is 77.6 Å². The molecule has 2 aromatic heterocycles. The minimum atomic E-state index is -0.148. The van der Waals surface area contributed by atoms with Crippen LogP contribution in [0.5, 0.6) is 0 Å². The predicted octanol–water partition coefficient (Wildman–Crippen LogP) is 4.89. The maximum atomic E-state index is 13.4. The summed E-state index contributed by atoms with van der Waals surface area (Å²) in [4.78, 5) is 20.4. The molecule has 4 aromatic rings. The van der Waals surface area contributed by atoms with Gasteiger partial charge >= 0.3 is 0 Å². The Morgan fingerprint density at radius 3 is 2.55 bits per heavy atom. The smallest absolute Gasteiger partial charge is 0.259 e. The van der Waals surface area contributed by atoms with Gasteiger partial charge in [0.1, 0.15) is 5.82 Å². The van der Waals surface area contributed by atoms with Crippen LogP contribution >= 0.6 is 0 Å². The first-order valence-electron chi connectivity index (χ1n) is 10.7. The standard InChI is InChI=1S/C25H25N5O/c1-17-14-18(2)30(28-17)21-10-7-9-20(16-21)26-25(31)22-15-19-8-3-4-11-23(19)27-24(22)29-12-5-6-13-29/h3-4,7-11,14-16H,5-6,12-13H2,1-2H3,(H,26,31). The van der Waals surface area contributed by atoms with Crippen LogP contribution in [-0.4, -0.2) is 33.8 Å². The molecule has 0 atom stereocenters. The van der Waals surface area contributed by atoms with Gasteiger partial charge in [-0.15, -0.1) is 0 Å². The third kappa shape index (κ3) is 3.77. The van der Waals surface area contributed by atoms with Crippen molar-refractivity contribution in [1.29, 1.82) is 0 Å². The average molecular weight is 412 g/mol. The minimum Gasteiger partial charge on any atom is -0.356 e. The summed E-state index contributed by atoms with van der Waals surface area (Å²) >= 11 is 0. The quantitative estimate of drug-likeness (QED) is 0.519. The highest BCUT2D eigenvalue weighted by atomic mass is 16.1. The molecule has 0 unspecified atom stereocenters. The molecule has 1 aliphatic heterocycles. The predicted molar refractivity (Wildman–Crippen MR) is 124 cm³/mol. The van der Waals surface area contributed by atoms with Gasteiger partial charge in [-0.2, -0.15) is 5.10 Å². The lowest BCUT2D eigenvalue weighted by Crippen LogP contribution is -2.24. The number of rotatable bonds is 4. The highest BCUT2D eigenvalue weighted by molar-refractivity contribution is 6.09. The van der Waals surface area contributed by atoms with Gasteiger partial charge in [-0.3, -0.25) is 4.79 Å². The zero-order valence-electron chi connectivity index (χ0n) is 17.8. The fraction of sp³-hybridized carbons (Fsp3) is 0.240. The van der Waals surface area contributed by atoms with Crippen molar-refractivity contribution in [2.75, 3.05) is 23.3 Å². The fourth-order valence-corrected chi connectivity index (χ4v) is 4.25. The Bertz CT molecular complexity index is 1270. The normalized spacial score (nSPS) is 13.7. The molecule has 2 aromatic carbocycles. The number of nitrogens with one attached hydrogen (secondary N) is 1. The minimum absolute atomic E-state index is 0.148. The Kier molecular flexibility index (Phi) is 4.90. The Morgan fingerprint density at radius 2 is 1.77 bits per heavy atom. The van der Waals surface area contributed by atoms with Gasteiger partial charge in [-0.1, -0.05) is 24.3 Å². The molecule has 0 radical (unpaired) electrons. The van der Waals surface area contributed by atoms with E-state index in [-0.39, 0.29) is 5.91 Å². The number of aryl methyl sites for hydroxylation is 2. The van der Waals surface area contributed by atoms with Crippen LogP contribution in [0.3, 0.4) is 0 Å². The van der Waals surface area contributed by atoms with Crippen LogP contribution < -0.4 is 10.2 Å². The molecule has 5 rings (SSSR count). The summed E-state index contributed by atoms with van der Waals surface area (Å²) in [6.45, 7) is 5.86. The lowest BCUT2D eigenvalue weighted by molar-refractivity contribution is 0.102. The molecule has 1 fully saturated rings. The topological polar surface area (TPSA) is 63.1 Å². The largest absolute Gasteiger partial charge is 0.356 e. The third-order valence-corrected chi connectivity index (χ3v) is 5.71. The first-order chi connectivity index (χ1) is 15.1. The van der Waals surface area contributed by atoms with Crippen molar-refractivity contribution < 1.29 is 4.79 Å². The number of fused-ring (bicyclic) bond motifs is 1. The van der Waals surface area contributed by atoms with Crippen molar-refractivity contribution in [3.8, 4) is 5.69 Å². The number of pyridine rings is 1. The highest BCUT2D eigenvalue weighted by Gasteiger charge is 2.22. The molecule has 3 heterocycles. The maximum Gasteiger partial charge on any atom is 0.259 e.